The van der Waals surface area contributed by atoms with Gasteiger partial charge < -0.3 is 14.5 Å². The van der Waals surface area contributed by atoms with Crippen molar-refractivity contribution in [3.63, 3.8) is 0 Å². The van der Waals surface area contributed by atoms with Gasteiger partial charge in [-0.25, -0.2) is 4.39 Å². The van der Waals surface area contributed by atoms with Crippen molar-refractivity contribution >= 4 is 28.9 Å². The SMILES string of the molecule is COc1ccc(N[C@H](c2nnc(-c3ccccc3)o2)c2ccc(F)cc2Cl)cc1Cl. The van der Waals surface area contributed by atoms with Crippen molar-refractivity contribution in [3.05, 3.63) is 94.0 Å². The van der Waals surface area contributed by atoms with Crippen LogP contribution in [0.15, 0.2) is 71.1 Å². The molecule has 0 saturated carbocycles. The second kappa shape index (κ2) is 8.73. The zero-order valence-corrected chi connectivity index (χ0v) is 17.3. The number of anilines is 1. The summed E-state index contributed by atoms with van der Waals surface area (Å²) < 4.78 is 24.7. The number of hydrogen-bond acceptors (Lipinski definition) is 5. The van der Waals surface area contributed by atoms with E-state index in [9.17, 15) is 4.39 Å². The van der Waals surface area contributed by atoms with Crippen molar-refractivity contribution in [1.29, 1.82) is 0 Å². The summed E-state index contributed by atoms with van der Waals surface area (Å²) in [5.74, 6) is 0.742. The highest BCUT2D eigenvalue weighted by atomic mass is 35.5. The number of ether oxygens (including phenoxy) is 1. The Morgan fingerprint density at radius 1 is 0.967 bits per heavy atom. The Morgan fingerprint density at radius 2 is 1.77 bits per heavy atom. The molecule has 0 bridgehead atoms. The first kappa shape index (κ1) is 20.2. The molecule has 0 radical (unpaired) electrons. The first-order valence-electron chi connectivity index (χ1n) is 8.99. The lowest BCUT2D eigenvalue weighted by Gasteiger charge is -2.19. The monoisotopic (exact) mass is 443 g/mol. The van der Waals surface area contributed by atoms with Gasteiger partial charge in [0.15, 0.2) is 0 Å². The van der Waals surface area contributed by atoms with Gasteiger partial charge in [-0.3, -0.25) is 0 Å². The molecule has 3 aromatic carbocycles. The Balaban J connectivity index is 1.74. The van der Waals surface area contributed by atoms with Crippen LogP contribution >= 0.6 is 23.2 Å². The van der Waals surface area contributed by atoms with Crippen LogP contribution in [0.5, 0.6) is 5.75 Å². The summed E-state index contributed by atoms with van der Waals surface area (Å²) in [4.78, 5) is 0. The topological polar surface area (TPSA) is 60.2 Å². The minimum Gasteiger partial charge on any atom is -0.495 e. The van der Waals surface area contributed by atoms with Gasteiger partial charge in [-0.15, -0.1) is 10.2 Å². The maximum absolute atomic E-state index is 13.6. The van der Waals surface area contributed by atoms with Gasteiger partial charge in [-0.2, -0.15) is 0 Å². The molecule has 152 valence electrons. The Hall–Kier alpha value is -3.09. The van der Waals surface area contributed by atoms with Gasteiger partial charge in [0.05, 0.1) is 12.1 Å². The van der Waals surface area contributed by atoms with Gasteiger partial charge in [0.1, 0.15) is 17.6 Å². The van der Waals surface area contributed by atoms with E-state index in [2.05, 4.69) is 15.5 Å². The highest BCUT2D eigenvalue weighted by Crippen LogP contribution is 2.35. The van der Waals surface area contributed by atoms with Crippen molar-refractivity contribution in [1.82, 2.24) is 10.2 Å². The predicted molar refractivity (Wildman–Crippen MR) is 115 cm³/mol. The number of nitrogens with zero attached hydrogens (tertiary/aromatic N) is 2. The number of methoxy groups -OCH3 is 1. The second-order valence-corrected chi connectivity index (χ2v) is 7.22. The fourth-order valence-corrected chi connectivity index (χ4v) is 3.51. The van der Waals surface area contributed by atoms with Crippen molar-refractivity contribution in [3.8, 4) is 17.2 Å². The fourth-order valence-electron chi connectivity index (χ4n) is 2.98. The quantitative estimate of drug-likeness (QED) is 0.373. The van der Waals surface area contributed by atoms with Gasteiger partial charge in [-0.05, 0) is 42.5 Å². The maximum Gasteiger partial charge on any atom is 0.247 e. The zero-order valence-electron chi connectivity index (χ0n) is 15.8. The summed E-state index contributed by atoms with van der Waals surface area (Å²) in [6.07, 6.45) is 0. The number of nitrogens with one attached hydrogen (secondary N) is 1. The van der Waals surface area contributed by atoms with Crippen LogP contribution in [0.3, 0.4) is 0 Å². The molecule has 4 rings (SSSR count). The first-order valence-corrected chi connectivity index (χ1v) is 9.74. The van der Waals surface area contributed by atoms with Crippen LogP contribution in [0.25, 0.3) is 11.5 Å². The molecular weight excluding hydrogens is 428 g/mol. The average molecular weight is 444 g/mol. The number of aromatic nitrogens is 2. The zero-order chi connectivity index (χ0) is 21.1. The summed E-state index contributed by atoms with van der Waals surface area (Å²) in [6.45, 7) is 0. The smallest absolute Gasteiger partial charge is 0.247 e. The Labute approximate surface area is 182 Å². The molecule has 1 aromatic heterocycles. The van der Waals surface area contributed by atoms with E-state index in [0.717, 1.165) is 5.56 Å². The number of hydrogen-bond donors (Lipinski definition) is 1. The van der Waals surface area contributed by atoms with E-state index >= 15 is 0 Å². The van der Waals surface area contributed by atoms with Gasteiger partial charge in [0.2, 0.25) is 11.8 Å². The molecule has 1 N–H and O–H groups in total. The fraction of sp³-hybridized carbons (Fsp3) is 0.0909. The van der Waals surface area contributed by atoms with Crippen molar-refractivity contribution in [2.24, 2.45) is 0 Å². The summed E-state index contributed by atoms with van der Waals surface area (Å²) in [6, 6.07) is 18.1. The predicted octanol–water partition coefficient (Wildman–Crippen LogP) is 6.39. The molecule has 0 amide bonds. The third-order valence-corrected chi connectivity index (χ3v) is 5.07. The molecule has 4 aromatic rings. The van der Waals surface area contributed by atoms with E-state index in [4.69, 9.17) is 32.4 Å². The van der Waals surface area contributed by atoms with Crippen LogP contribution in [0.2, 0.25) is 10.0 Å². The molecule has 0 aliphatic heterocycles. The number of benzene rings is 3. The molecule has 0 saturated heterocycles. The van der Waals surface area contributed by atoms with Crippen LogP contribution in [-0.2, 0) is 0 Å². The molecule has 8 heteroatoms. The molecule has 0 unspecified atom stereocenters. The van der Waals surface area contributed by atoms with Crippen molar-refractivity contribution in [2.75, 3.05) is 12.4 Å². The molecular formula is C22H16Cl2FN3O2. The molecule has 0 aliphatic rings. The van der Waals surface area contributed by atoms with E-state index < -0.39 is 11.9 Å². The molecule has 0 spiro atoms. The van der Waals surface area contributed by atoms with E-state index in [1.165, 1.54) is 12.1 Å². The van der Waals surface area contributed by atoms with Crippen LogP contribution in [0.1, 0.15) is 17.5 Å². The Morgan fingerprint density at radius 3 is 2.47 bits per heavy atom. The lowest BCUT2D eigenvalue weighted by molar-refractivity contribution is 0.415. The summed E-state index contributed by atoms with van der Waals surface area (Å²) in [5, 5.41) is 12.3. The molecule has 5 nitrogen and oxygen atoms in total. The normalized spacial score (nSPS) is 11.9. The second-order valence-electron chi connectivity index (χ2n) is 6.40. The lowest BCUT2D eigenvalue weighted by Crippen LogP contribution is -2.13. The van der Waals surface area contributed by atoms with E-state index in [1.54, 1.807) is 31.4 Å². The maximum atomic E-state index is 13.6. The summed E-state index contributed by atoms with van der Waals surface area (Å²) in [7, 11) is 1.54. The van der Waals surface area contributed by atoms with Gasteiger partial charge in [0, 0.05) is 21.8 Å². The lowest BCUT2D eigenvalue weighted by atomic mass is 10.1. The molecule has 1 heterocycles. The van der Waals surface area contributed by atoms with Crippen molar-refractivity contribution < 1.29 is 13.5 Å². The highest BCUT2D eigenvalue weighted by Gasteiger charge is 2.24. The molecule has 0 aliphatic carbocycles. The average Bonchev–Trinajstić information content (AvgIpc) is 3.23. The summed E-state index contributed by atoms with van der Waals surface area (Å²) >= 11 is 12.6. The Bertz CT molecular complexity index is 1170. The minimum absolute atomic E-state index is 0.228. The Kier molecular flexibility index (Phi) is 5.88. The van der Waals surface area contributed by atoms with Crippen LogP contribution in [0.4, 0.5) is 10.1 Å². The highest BCUT2D eigenvalue weighted by molar-refractivity contribution is 6.32. The largest absolute Gasteiger partial charge is 0.495 e. The minimum atomic E-state index is -0.632. The molecule has 0 fully saturated rings. The van der Waals surface area contributed by atoms with Gasteiger partial charge in [0.25, 0.3) is 0 Å². The number of rotatable bonds is 6. The molecule has 30 heavy (non-hydrogen) atoms. The third kappa shape index (κ3) is 4.25. The summed E-state index contributed by atoms with van der Waals surface area (Å²) in [5.41, 5.74) is 2.03. The van der Waals surface area contributed by atoms with Crippen LogP contribution < -0.4 is 10.1 Å². The van der Waals surface area contributed by atoms with Crippen LogP contribution in [-0.4, -0.2) is 17.3 Å². The van der Waals surface area contributed by atoms with E-state index in [-0.39, 0.29) is 10.9 Å². The van der Waals surface area contributed by atoms with E-state index in [1.807, 2.05) is 30.3 Å². The first-order chi connectivity index (χ1) is 14.5. The standard InChI is InChI=1S/C22H16Cl2FN3O2/c1-29-19-10-8-15(12-18(19)24)26-20(16-9-7-14(25)11-17(16)23)22-28-27-21(30-22)13-5-3-2-4-6-13/h2-12,20,26H,1H3/t20-/m0/s1. The third-order valence-electron chi connectivity index (χ3n) is 4.44. The molecule has 1 atom stereocenters. The van der Waals surface area contributed by atoms with Gasteiger partial charge in [-0.1, -0.05) is 47.5 Å². The van der Waals surface area contributed by atoms with Crippen LogP contribution in [0, 0.1) is 5.82 Å². The van der Waals surface area contributed by atoms with E-state index in [0.29, 0.717) is 27.9 Å². The number of halogens is 3. The van der Waals surface area contributed by atoms with Gasteiger partial charge >= 0.3 is 0 Å². The van der Waals surface area contributed by atoms with Crippen molar-refractivity contribution in [2.45, 2.75) is 6.04 Å².